The Kier molecular flexibility index (Phi) is 3.91. The minimum atomic E-state index is -0.476. The first-order chi connectivity index (χ1) is 10.6. The van der Waals surface area contributed by atoms with Crippen LogP contribution in [0.4, 0.5) is 5.69 Å². The van der Waals surface area contributed by atoms with Crippen LogP contribution in [0.15, 0.2) is 34.9 Å². The van der Waals surface area contributed by atoms with Crippen LogP contribution in [0.2, 0.25) is 0 Å². The molecule has 1 aromatic heterocycles. The number of carbonyl (C=O) groups is 2. The standard InChI is InChI=1S/C16H16N2O4/c1-11-9-12(17-22-11)10-21-16(20)13-5-2-3-6-14(13)18-8-4-7-15(18)19/h2-3,5-6,9H,4,7-8,10H2,1H3. The highest BCUT2D eigenvalue weighted by molar-refractivity contribution is 6.03. The van der Waals surface area contributed by atoms with E-state index in [-0.39, 0.29) is 12.5 Å². The first-order valence-electron chi connectivity index (χ1n) is 7.14. The summed E-state index contributed by atoms with van der Waals surface area (Å²) < 4.78 is 10.2. The number of hydrogen-bond donors (Lipinski definition) is 0. The fourth-order valence-corrected chi connectivity index (χ4v) is 2.49. The maximum absolute atomic E-state index is 12.3. The van der Waals surface area contributed by atoms with Crippen molar-refractivity contribution in [3.05, 3.63) is 47.3 Å². The Morgan fingerprint density at radius 3 is 2.91 bits per heavy atom. The van der Waals surface area contributed by atoms with Crippen LogP contribution < -0.4 is 4.90 Å². The highest BCUT2D eigenvalue weighted by atomic mass is 16.5. The van der Waals surface area contributed by atoms with Crippen LogP contribution in [0.3, 0.4) is 0 Å². The maximum Gasteiger partial charge on any atom is 0.340 e. The fraction of sp³-hybridized carbons (Fsp3) is 0.312. The molecule has 22 heavy (non-hydrogen) atoms. The van der Waals surface area contributed by atoms with Gasteiger partial charge in [0.25, 0.3) is 0 Å². The highest BCUT2D eigenvalue weighted by Crippen LogP contribution is 2.26. The molecular formula is C16H16N2O4. The van der Waals surface area contributed by atoms with Gasteiger partial charge in [-0.2, -0.15) is 0 Å². The quantitative estimate of drug-likeness (QED) is 0.811. The van der Waals surface area contributed by atoms with Crippen molar-refractivity contribution in [2.24, 2.45) is 0 Å². The van der Waals surface area contributed by atoms with Crippen LogP contribution in [0.1, 0.15) is 34.7 Å². The third kappa shape index (κ3) is 2.86. The molecule has 0 saturated carbocycles. The summed E-state index contributed by atoms with van der Waals surface area (Å²) in [5.41, 5.74) is 1.55. The number of carbonyl (C=O) groups excluding carboxylic acids is 2. The third-order valence-corrected chi connectivity index (χ3v) is 3.52. The van der Waals surface area contributed by atoms with E-state index in [1.807, 2.05) is 0 Å². The Labute approximate surface area is 127 Å². The molecule has 6 nitrogen and oxygen atoms in total. The maximum atomic E-state index is 12.3. The molecule has 2 heterocycles. The average molecular weight is 300 g/mol. The first kappa shape index (κ1) is 14.3. The molecule has 0 atom stereocenters. The van der Waals surface area contributed by atoms with E-state index < -0.39 is 5.97 Å². The molecule has 1 aromatic carbocycles. The molecule has 1 aliphatic rings. The zero-order valence-electron chi connectivity index (χ0n) is 12.2. The molecule has 1 fully saturated rings. The van der Waals surface area contributed by atoms with Gasteiger partial charge in [-0.3, -0.25) is 4.79 Å². The monoisotopic (exact) mass is 300 g/mol. The smallest absolute Gasteiger partial charge is 0.340 e. The summed E-state index contributed by atoms with van der Waals surface area (Å²) in [4.78, 5) is 25.8. The van der Waals surface area contributed by atoms with Crippen LogP contribution in [0, 0.1) is 6.92 Å². The zero-order valence-corrected chi connectivity index (χ0v) is 12.2. The van der Waals surface area contributed by atoms with E-state index in [4.69, 9.17) is 9.26 Å². The van der Waals surface area contributed by atoms with Crippen molar-refractivity contribution >= 4 is 17.6 Å². The number of amides is 1. The van der Waals surface area contributed by atoms with Crippen molar-refractivity contribution in [3.63, 3.8) is 0 Å². The number of anilines is 1. The molecule has 114 valence electrons. The molecule has 0 radical (unpaired) electrons. The third-order valence-electron chi connectivity index (χ3n) is 3.52. The lowest BCUT2D eigenvalue weighted by Gasteiger charge is -2.18. The summed E-state index contributed by atoms with van der Waals surface area (Å²) in [5, 5.41) is 3.78. The lowest BCUT2D eigenvalue weighted by molar-refractivity contribution is -0.117. The second-order valence-corrected chi connectivity index (χ2v) is 5.17. The zero-order chi connectivity index (χ0) is 15.5. The van der Waals surface area contributed by atoms with Gasteiger partial charge in [0.15, 0.2) is 0 Å². The Morgan fingerprint density at radius 1 is 1.41 bits per heavy atom. The van der Waals surface area contributed by atoms with Crippen LogP contribution in [-0.4, -0.2) is 23.6 Å². The molecule has 1 amide bonds. The number of nitrogens with zero attached hydrogens (tertiary/aromatic N) is 2. The molecule has 0 spiro atoms. The highest BCUT2D eigenvalue weighted by Gasteiger charge is 2.26. The molecular weight excluding hydrogens is 284 g/mol. The van der Waals surface area contributed by atoms with Crippen molar-refractivity contribution in [2.45, 2.75) is 26.4 Å². The number of rotatable bonds is 4. The van der Waals surface area contributed by atoms with Crippen LogP contribution in [-0.2, 0) is 16.1 Å². The molecule has 1 saturated heterocycles. The van der Waals surface area contributed by atoms with Gasteiger partial charge < -0.3 is 14.2 Å². The number of aryl methyl sites for hydroxylation is 1. The Hall–Kier alpha value is -2.63. The second kappa shape index (κ2) is 6.01. The second-order valence-electron chi connectivity index (χ2n) is 5.17. The minimum absolute atomic E-state index is 0.0346. The van der Waals surface area contributed by atoms with Crippen LogP contribution >= 0.6 is 0 Å². The van der Waals surface area contributed by atoms with Crippen molar-refractivity contribution in [1.29, 1.82) is 0 Å². The number of aromatic nitrogens is 1. The van der Waals surface area contributed by atoms with E-state index in [1.54, 1.807) is 42.2 Å². The lowest BCUT2D eigenvalue weighted by Crippen LogP contribution is -2.26. The number of hydrogen-bond acceptors (Lipinski definition) is 5. The van der Waals surface area contributed by atoms with Gasteiger partial charge >= 0.3 is 5.97 Å². The van der Waals surface area contributed by atoms with Gasteiger partial charge in [-0.25, -0.2) is 4.79 Å². The molecule has 6 heteroatoms. The molecule has 1 aliphatic heterocycles. The fourth-order valence-electron chi connectivity index (χ4n) is 2.49. The van der Waals surface area contributed by atoms with E-state index in [9.17, 15) is 9.59 Å². The van der Waals surface area contributed by atoms with Crippen molar-refractivity contribution < 1.29 is 18.8 Å². The summed E-state index contributed by atoms with van der Waals surface area (Å²) in [6.07, 6.45) is 1.32. The molecule has 3 rings (SSSR count). The van der Waals surface area contributed by atoms with Gasteiger partial charge in [0.1, 0.15) is 18.1 Å². The van der Waals surface area contributed by atoms with Gasteiger partial charge in [0.05, 0.1) is 11.3 Å². The van der Waals surface area contributed by atoms with Crippen molar-refractivity contribution in [3.8, 4) is 0 Å². The van der Waals surface area contributed by atoms with Gasteiger partial charge in [0.2, 0.25) is 5.91 Å². The topological polar surface area (TPSA) is 72.6 Å². The summed E-state index contributed by atoms with van der Waals surface area (Å²) in [7, 11) is 0. The Morgan fingerprint density at radius 2 is 2.23 bits per heavy atom. The minimum Gasteiger partial charge on any atom is -0.455 e. The molecule has 0 bridgehead atoms. The predicted molar refractivity (Wildman–Crippen MR) is 78.4 cm³/mol. The summed E-state index contributed by atoms with van der Waals surface area (Å²) in [6.45, 7) is 2.44. The average Bonchev–Trinajstić information content (AvgIpc) is 3.13. The van der Waals surface area contributed by atoms with E-state index in [0.717, 1.165) is 6.42 Å². The van der Waals surface area contributed by atoms with Gasteiger partial charge in [-0.15, -0.1) is 0 Å². The summed E-state index contributed by atoms with van der Waals surface area (Å²) >= 11 is 0. The van der Waals surface area contributed by atoms with E-state index in [2.05, 4.69) is 5.16 Å². The van der Waals surface area contributed by atoms with Gasteiger partial charge in [0, 0.05) is 19.0 Å². The van der Waals surface area contributed by atoms with E-state index in [0.29, 0.717) is 35.7 Å². The first-order valence-corrected chi connectivity index (χ1v) is 7.14. The van der Waals surface area contributed by atoms with Crippen molar-refractivity contribution in [2.75, 3.05) is 11.4 Å². The molecule has 0 aliphatic carbocycles. The lowest BCUT2D eigenvalue weighted by atomic mass is 10.1. The number of ether oxygens (including phenoxy) is 1. The van der Waals surface area contributed by atoms with Crippen molar-refractivity contribution in [1.82, 2.24) is 5.16 Å². The molecule has 0 unspecified atom stereocenters. The molecule has 0 N–H and O–H groups in total. The van der Waals surface area contributed by atoms with Crippen LogP contribution in [0.5, 0.6) is 0 Å². The van der Waals surface area contributed by atoms with Gasteiger partial charge in [-0.1, -0.05) is 17.3 Å². The van der Waals surface area contributed by atoms with E-state index >= 15 is 0 Å². The SMILES string of the molecule is Cc1cc(COC(=O)c2ccccc2N2CCCC2=O)no1. The normalized spacial score (nSPS) is 14.4. The number of para-hydroxylation sites is 1. The number of benzene rings is 1. The van der Waals surface area contributed by atoms with Crippen LogP contribution in [0.25, 0.3) is 0 Å². The predicted octanol–water partition coefficient (Wildman–Crippen LogP) is 2.47. The van der Waals surface area contributed by atoms with E-state index in [1.165, 1.54) is 0 Å². The number of esters is 1. The summed E-state index contributed by atoms with van der Waals surface area (Å²) in [5.74, 6) is 0.220. The summed E-state index contributed by atoms with van der Waals surface area (Å²) in [6, 6.07) is 8.69. The molecule has 2 aromatic rings. The van der Waals surface area contributed by atoms with Gasteiger partial charge in [-0.05, 0) is 25.5 Å². The largest absolute Gasteiger partial charge is 0.455 e. The Balaban J connectivity index is 1.76. The Bertz CT molecular complexity index is 708.